The lowest BCUT2D eigenvalue weighted by molar-refractivity contribution is -0.384. The van der Waals surface area contributed by atoms with Crippen LogP contribution in [0.15, 0.2) is 66.7 Å². The van der Waals surface area contributed by atoms with Crippen molar-refractivity contribution < 1.29 is 14.5 Å². The molecule has 0 aromatic heterocycles. The second-order valence-corrected chi connectivity index (χ2v) is 6.63. The summed E-state index contributed by atoms with van der Waals surface area (Å²) in [6, 6.07) is 17.1. The molecular formula is C21H16ClN3O4. The summed E-state index contributed by atoms with van der Waals surface area (Å²) in [6.45, 7) is 1.80. The Morgan fingerprint density at radius 1 is 0.931 bits per heavy atom. The van der Waals surface area contributed by atoms with Crippen LogP contribution in [0.4, 0.5) is 17.1 Å². The number of non-ortho nitro benzene ring substituents is 1. The van der Waals surface area contributed by atoms with E-state index in [4.69, 9.17) is 11.6 Å². The van der Waals surface area contributed by atoms with E-state index in [0.29, 0.717) is 27.5 Å². The highest BCUT2D eigenvalue weighted by Crippen LogP contribution is 2.23. The molecule has 0 atom stereocenters. The quantitative estimate of drug-likeness (QED) is 0.454. The monoisotopic (exact) mass is 409 g/mol. The fourth-order valence-corrected chi connectivity index (χ4v) is 2.88. The van der Waals surface area contributed by atoms with Crippen molar-refractivity contribution in [3.8, 4) is 0 Å². The minimum atomic E-state index is -0.527. The Labute approximate surface area is 171 Å². The molecule has 146 valence electrons. The summed E-state index contributed by atoms with van der Waals surface area (Å²) in [7, 11) is 0. The topological polar surface area (TPSA) is 101 Å². The van der Waals surface area contributed by atoms with Crippen LogP contribution in [0, 0.1) is 17.0 Å². The molecule has 2 amide bonds. The largest absolute Gasteiger partial charge is 0.322 e. The van der Waals surface area contributed by atoms with Crippen LogP contribution >= 0.6 is 11.6 Å². The van der Waals surface area contributed by atoms with Crippen molar-refractivity contribution in [1.82, 2.24) is 0 Å². The summed E-state index contributed by atoms with van der Waals surface area (Å²) < 4.78 is 0. The number of nitro groups is 1. The number of carbonyl (C=O) groups is 2. The van der Waals surface area contributed by atoms with Gasteiger partial charge >= 0.3 is 0 Å². The Hall–Kier alpha value is -3.71. The number of nitrogens with zero attached hydrogens (tertiary/aromatic N) is 1. The van der Waals surface area contributed by atoms with Crippen molar-refractivity contribution >= 4 is 40.5 Å². The molecule has 0 saturated heterocycles. The van der Waals surface area contributed by atoms with Crippen LogP contribution < -0.4 is 10.6 Å². The summed E-state index contributed by atoms with van der Waals surface area (Å²) in [5.74, 6) is -0.728. The van der Waals surface area contributed by atoms with Crippen molar-refractivity contribution in [3.63, 3.8) is 0 Å². The van der Waals surface area contributed by atoms with Crippen LogP contribution in [0.5, 0.6) is 0 Å². The highest BCUT2D eigenvalue weighted by molar-refractivity contribution is 6.34. The number of rotatable bonds is 5. The first-order valence-corrected chi connectivity index (χ1v) is 8.95. The lowest BCUT2D eigenvalue weighted by atomic mass is 10.1. The predicted molar refractivity (Wildman–Crippen MR) is 112 cm³/mol. The highest BCUT2D eigenvalue weighted by Gasteiger charge is 2.13. The van der Waals surface area contributed by atoms with Gasteiger partial charge in [-0.15, -0.1) is 0 Å². The van der Waals surface area contributed by atoms with E-state index in [-0.39, 0.29) is 11.6 Å². The molecule has 0 aliphatic heterocycles. The van der Waals surface area contributed by atoms with E-state index < -0.39 is 10.8 Å². The number of carbonyl (C=O) groups excluding carboxylic acids is 2. The number of benzene rings is 3. The third kappa shape index (κ3) is 4.77. The van der Waals surface area contributed by atoms with Gasteiger partial charge in [-0.3, -0.25) is 19.7 Å². The zero-order valence-electron chi connectivity index (χ0n) is 15.3. The molecule has 7 nitrogen and oxygen atoms in total. The molecule has 29 heavy (non-hydrogen) atoms. The maximum atomic E-state index is 12.4. The molecule has 0 saturated carbocycles. The zero-order valence-corrected chi connectivity index (χ0v) is 16.1. The Morgan fingerprint density at radius 3 is 2.24 bits per heavy atom. The molecule has 0 aliphatic carbocycles. The maximum Gasteiger partial charge on any atom is 0.269 e. The van der Waals surface area contributed by atoms with Crippen molar-refractivity contribution in [1.29, 1.82) is 0 Å². The van der Waals surface area contributed by atoms with Crippen LogP contribution in [-0.2, 0) is 0 Å². The Kier molecular flexibility index (Phi) is 5.90. The molecule has 0 spiro atoms. The molecule has 0 aliphatic rings. The lowest BCUT2D eigenvalue weighted by Crippen LogP contribution is -2.14. The highest BCUT2D eigenvalue weighted by atomic mass is 35.5. The molecule has 0 bridgehead atoms. The van der Waals surface area contributed by atoms with Crippen molar-refractivity contribution in [2.75, 3.05) is 10.6 Å². The van der Waals surface area contributed by atoms with Gasteiger partial charge in [0.15, 0.2) is 0 Å². The zero-order chi connectivity index (χ0) is 21.0. The standard InChI is InChI=1S/C21H16ClN3O4/c1-13-12-15(23-20(26)14-6-9-16(10-7-14)25(28)29)8-11-19(13)24-21(27)17-4-2-3-5-18(17)22/h2-12H,1H3,(H,23,26)(H,24,27). The summed E-state index contributed by atoms with van der Waals surface area (Å²) in [5, 5.41) is 16.6. The molecule has 0 unspecified atom stereocenters. The fourth-order valence-electron chi connectivity index (χ4n) is 2.65. The van der Waals surface area contributed by atoms with Crippen molar-refractivity contribution in [2.24, 2.45) is 0 Å². The van der Waals surface area contributed by atoms with Gasteiger partial charge in [0.2, 0.25) is 0 Å². The Balaban J connectivity index is 1.70. The average Bonchev–Trinajstić information content (AvgIpc) is 2.70. The third-order valence-electron chi connectivity index (χ3n) is 4.19. The number of nitro benzene ring substituents is 1. The molecule has 0 heterocycles. The van der Waals surface area contributed by atoms with E-state index in [0.717, 1.165) is 5.56 Å². The molecule has 2 N–H and O–H groups in total. The first kappa shape index (κ1) is 20.0. The SMILES string of the molecule is Cc1cc(NC(=O)c2ccc([N+](=O)[O-])cc2)ccc1NC(=O)c1ccccc1Cl. The van der Waals surface area contributed by atoms with Gasteiger partial charge in [0.25, 0.3) is 17.5 Å². The van der Waals surface area contributed by atoms with Crippen LogP contribution in [0.1, 0.15) is 26.3 Å². The van der Waals surface area contributed by atoms with Crippen molar-refractivity contribution in [2.45, 2.75) is 6.92 Å². The predicted octanol–water partition coefficient (Wildman–Crippen LogP) is 5.06. The minimum Gasteiger partial charge on any atom is -0.322 e. The lowest BCUT2D eigenvalue weighted by Gasteiger charge is -2.12. The molecule has 8 heteroatoms. The molecule has 0 fully saturated rings. The van der Waals surface area contributed by atoms with E-state index in [9.17, 15) is 19.7 Å². The molecule has 3 aromatic carbocycles. The van der Waals surface area contributed by atoms with Gasteiger partial charge in [-0.05, 0) is 55.0 Å². The number of anilines is 2. The summed E-state index contributed by atoms with van der Waals surface area (Å²) in [5.41, 5.74) is 2.43. The van der Waals surface area contributed by atoms with Gasteiger partial charge in [0, 0.05) is 29.1 Å². The van der Waals surface area contributed by atoms with Gasteiger partial charge in [0.1, 0.15) is 0 Å². The smallest absolute Gasteiger partial charge is 0.269 e. The molecule has 0 radical (unpaired) electrons. The van der Waals surface area contributed by atoms with Crippen molar-refractivity contribution in [3.05, 3.63) is 98.6 Å². The number of hydrogen-bond acceptors (Lipinski definition) is 4. The second-order valence-electron chi connectivity index (χ2n) is 6.22. The van der Waals surface area contributed by atoms with Crippen LogP contribution in [0.3, 0.4) is 0 Å². The first-order chi connectivity index (χ1) is 13.8. The maximum absolute atomic E-state index is 12.4. The van der Waals surface area contributed by atoms with Gasteiger partial charge in [0.05, 0.1) is 15.5 Å². The number of nitrogens with one attached hydrogen (secondary N) is 2. The number of aryl methyl sites for hydroxylation is 1. The summed E-state index contributed by atoms with van der Waals surface area (Å²) in [4.78, 5) is 34.9. The van der Waals surface area contributed by atoms with E-state index in [1.54, 1.807) is 49.4 Å². The molecular weight excluding hydrogens is 394 g/mol. The fraction of sp³-hybridized carbons (Fsp3) is 0.0476. The normalized spacial score (nSPS) is 10.3. The van der Waals surface area contributed by atoms with E-state index >= 15 is 0 Å². The van der Waals surface area contributed by atoms with Crippen LogP contribution in [-0.4, -0.2) is 16.7 Å². The Morgan fingerprint density at radius 2 is 1.62 bits per heavy atom. The molecule has 3 rings (SSSR count). The van der Waals surface area contributed by atoms with E-state index in [2.05, 4.69) is 10.6 Å². The van der Waals surface area contributed by atoms with Crippen LogP contribution in [0.2, 0.25) is 5.02 Å². The first-order valence-electron chi connectivity index (χ1n) is 8.57. The van der Waals surface area contributed by atoms with Gasteiger partial charge < -0.3 is 10.6 Å². The number of hydrogen-bond donors (Lipinski definition) is 2. The van der Waals surface area contributed by atoms with Gasteiger partial charge in [-0.1, -0.05) is 23.7 Å². The van der Waals surface area contributed by atoms with Crippen LogP contribution in [0.25, 0.3) is 0 Å². The van der Waals surface area contributed by atoms with Gasteiger partial charge in [-0.25, -0.2) is 0 Å². The minimum absolute atomic E-state index is 0.0870. The second kappa shape index (κ2) is 8.53. The average molecular weight is 410 g/mol. The third-order valence-corrected chi connectivity index (χ3v) is 4.52. The number of amides is 2. The Bertz CT molecular complexity index is 1100. The molecule has 3 aromatic rings. The number of halogens is 1. The summed E-state index contributed by atoms with van der Waals surface area (Å²) in [6.07, 6.45) is 0. The van der Waals surface area contributed by atoms with E-state index in [1.165, 1.54) is 24.3 Å². The van der Waals surface area contributed by atoms with E-state index in [1.807, 2.05) is 0 Å². The summed E-state index contributed by atoms with van der Waals surface area (Å²) >= 11 is 6.05. The van der Waals surface area contributed by atoms with Gasteiger partial charge in [-0.2, -0.15) is 0 Å².